The molecule has 0 amide bonds. The van der Waals surface area contributed by atoms with Crippen molar-refractivity contribution in [3.63, 3.8) is 0 Å². The second kappa shape index (κ2) is 19.8. The summed E-state index contributed by atoms with van der Waals surface area (Å²) in [5.74, 6) is -1.01. The van der Waals surface area contributed by atoms with E-state index in [2.05, 4.69) is 6.92 Å². The van der Waals surface area contributed by atoms with Crippen LogP contribution in [-0.2, 0) is 14.2 Å². The average molecular weight is 449 g/mol. The molecule has 0 aliphatic heterocycles. The highest BCUT2D eigenvalue weighted by Gasteiger charge is 2.18. The minimum Gasteiger partial charge on any atom is -0.462 e. The lowest BCUT2D eigenvalue weighted by Gasteiger charge is -2.09. The Morgan fingerprint density at radius 3 is 1.44 bits per heavy atom. The third-order valence-corrected chi connectivity index (χ3v) is 5.62. The van der Waals surface area contributed by atoms with Gasteiger partial charge in [0.15, 0.2) is 0 Å². The molecule has 0 fully saturated rings. The van der Waals surface area contributed by atoms with Gasteiger partial charge in [-0.1, -0.05) is 103 Å². The second-order valence-corrected chi connectivity index (χ2v) is 8.41. The summed E-state index contributed by atoms with van der Waals surface area (Å²) < 4.78 is 15.4. The number of hydrogen-bond acceptors (Lipinski definition) is 5. The molecule has 0 saturated heterocycles. The Morgan fingerprint density at radius 1 is 0.594 bits per heavy atom. The second-order valence-electron chi connectivity index (χ2n) is 8.41. The van der Waals surface area contributed by atoms with Crippen molar-refractivity contribution >= 4 is 11.9 Å². The van der Waals surface area contributed by atoms with Crippen molar-refractivity contribution < 1.29 is 23.8 Å². The van der Waals surface area contributed by atoms with Crippen LogP contribution in [-0.4, -0.2) is 38.9 Å². The first-order chi connectivity index (χ1) is 15.7. The minimum atomic E-state index is -0.536. The van der Waals surface area contributed by atoms with Gasteiger partial charge in [0, 0.05) is 7.11 Å². The molecule has 5 nitrogen and oxygen atoms in total. The molecule has 0 unspecified atom stereocenters. The van der Waals surface area contributed by atoms with E-state index in [1.807, 2.05) is 0 Å². The number of unbranched alkanes of at least 4 members (excludes halogenated alkanes) is 13. The Morgan fingerprint density at radius 2 is 1.00 bits per heavy atom. The van der Waals surface area contributed by atoms with Gasteiger partial charge < -0.3 is 14.2 Å². The van der Waals surface area contributed by atoms with E-state index in [1.165, 1.54) is 84.2 Å². The van der Waals surface area contributed by atoms with Crippen LogP contribution in [0.5, 0.6) is 0 Å². The number of carbonyl (C=O) groups is 2. The van der Waals surface area contributed by atoms with Crippen molar-refractivity contribution in [3.05, 3.63) is 35.4 Å². The number of methoxy groups -OCH3 is 1. The van der Waals surface area contributed by atoms with E-state index < -0.39 is 11.9 Å². The number of esters is 2. The van der Waals surface area contributed by atoms with Crippen molar-refractivity contribution in [2.75, 3.05) is 26.9 Å². The predicted molar refractivity (Wildman–Crippen MR) is 129 cm³/mol. The fourth-order valence-corrected chi connectivity index (χ4v) is 3.67. The molecule has 0 aliphatic rings. The van der Waals surface area contributed by atoms with E-state index in [-0.39, 0.29) is 17.7 Å². The predicted octanol–water partition coefficient (Wildman–Crippen LogP) is 7.13. The largest absolute Gasteiger partial charge is 0.462 e. The van der Waals surface area contributed by atoms with Crippen LogP contribution in [0.2, 0.25) is 0 Å². The molecule has 0 aliphatic carbocycles. The topological polar surface area (TPSA) is 61.8 Å². The first-order valence-electron chi connectivity index (χ1n) is 12.6. The maximum absolute atomic E-state index is 12.4. The van der Waals surface area contributed by atoms with E-state index in [0.717, 1.165) is 12.8 Å². The van der Waals surface area contributed by atoms with Crippen LogP contribution in [0.25, 0.3) is 0 Å². The molecule has 0 bridgehead atoms. The summed E-state index contributed by atoms with van der Waals surface area (Å²) in [6, 6.07) is 6.60. The zero-order valence-electron chi connectivity index (χ0n) is 20.4. The molecule has 0 spiro atoms. The molecule has 1 aromatic carbocycles. The van der Waals surface area contributed by atoms with E-state index in [0.29, 0.717) is 13.2 Å². The molecular weight excluding hydrogens is 404 g/mol. The summed E-state index contributed by atoms with van der Waals surface area (Å²) in [4.78, 5) is 24.6. The zero-order valence-corrected chi connectivity index (χ0v) is 20.4. The van der Waals surface area contributed by atoms with Gasteiger partial charge in [-0.15, -0.1) is 0 Å². The highest BCUT2D eigenvalue weighted by Crippen LogP contribution is 2.14. The summed E-state index contributed by atoms with van der Waals surface area (Å²) in [7, 11) is 1.54. The normalized spacial score (nSPS) is 10.8. The third kappa shape index (κ3) is 13.5. The first kappa shape index (κ1) is 28.2. The number of carbonyl (C=O) groups excluding carboxylic acids is 2. The first-order valence-corrected chi connectivity index (χ1v) is 12.6. The Kier molecular flexibility index (Phi) is 17.4. The van der Waals surface area contributed by atoms with Gasteiger partial charge >= 0.3 is 11.9 Å². The summed E-state index contributed by atoms with van der Waals surface area (Å²) in [6.45, 7) is 3.11. The quantitative estimate of drug-likeness (QED) is 0.157. The molecule has 0 atom stereocenters. The molecule has 0 radical (unpaired) electrons. The lowest BCUT2D eigenvalue weighted by atomic mass is 10.0. The van der Waals surface area contributed by atoms with Gasteiger partial charge in [-0.3, -0.25) is 0 Å². The Labute approximate surface area is 195 Å². The maximum atomic E-state index is 12.4. The number of hydrogen-bond donors (Lipinski definition) is 0. The number of ether oxygens (including phenoxy) is 3. The minimum absolute atomic E-state index is 0.151. The molecular formula is C27H44O5. The van der Waals surface area contributed by atoms with Gasteiger partial charge in [0.2, 0.25) is 0 Å². The Balaban J connectivity index is 2.07. The molecule has 32 heavy (non-hydrogen) atoms. The smallest absolute Gasteiger partial charge is 0.339 e. The van der Waals surface area contributed by atoms with Crippen molar-refractivity contribution in [1.29, 1.82) is 0 Å². The summed E-state index contributed by atoms with van der Waals surface area (Å²) in [5, 5.41) is 0. The zero-order chi connectivity index (χ0) is 23.3. The lowest BCUT2D eigenvalue weighted by Crippen LogP contribution is -2.16. The van der Waals surface area contributed by atoms with Gasteiger partial charge in [-0.25, -0.2) is 9.59 Å². The highest BCUT2D eigenvalue weighted by atomic mass is 16.6. The van der Waals surface area contributed by atoms with Crippen LogP contribution in [0.15, 0.2) is 24.3 Å². The van der Waals surface area contributed by atoms with Crippen molar-refractivity contribution in [1.82, 2.24) is 0 Å². The SMILES string of the molecule is CCCCCCCCCCCCCCCCOC(=O)c1ccccc1C(=O)OCCOC. The molecule has 1 aromatic rings. The van der Waals surface area contributed by atoms with Crippen molar-refractivity contribution in [2.24, 2.45) is 0 Å². The fraction of sp³-hybridized carbons (Fsp3) is 0.704. The van der Waals surface area contributed by atoms with Crippen LogP contribution in [0.3, 0.4) is 0 Å². The summed E-state index contributed by atoms with van der Waals surface area (Å²) in [6.07, 6.45) is 18.0. The van der Waals surface area contributed by atoms with E-state index in [4.69, 9.17) is 14.2 Å². The Bertz CT molecular complexity index is 614. The third-order valence-electron chi connectivity index (χ3n) is 5.62. The Hall–Kier alpha value is -1.88. The van der Waals surface area contributed by atoms with E-state index in [1.54, 1.807) is 24.3 Å². The van der Waals surface area contributed by atoms with Crippen LogP contribution in [0.1, 0.15) is 118 Å². The molecule has 0 heterocycles. The van der Waals surface area contributed by atoms with E-state index in [9.17, 15) is 9.59 Å². The summed E-state index contributed by atoms with van der Waals surface area (Å²) in [5.41, 5.74) is 0.481. The van der Waals surface area contributed by atoms with Crippen LogP contribution >= 0.6 is 0 Å². The molecule has 0 N–H and O–H groups in total. The van der Waals surface area contributed by atoms with Gasteiger partial charge in [0.25, 0.3) is 0 Å². The molecule has 5 heteroatoms. The fourth-order valence-electron chi connectivity index (χ4n) is 3.67. The van der Waals surface area contributed by atoms with Gasteiger partial charge in [-0.2, -0.15) is 0 Å². The number of benzene rings is 1. The molecule has 1 rings (SSSR count). The van der Waals surface area contributed by atoms with Crippen LogP contribution in [0, 0.1) is 0 Å². The van der Waals surface area contributed by atoms with Crippen LogP contribution < -0.4 is 0 Å². The lowest BCUT2D eigenvalue weighted by molar-refractivity contribution is 0.0372. The highest BCUT2D eigenvalue weighted by molar-refractivity contribution is 6.03. The van der Waals surface area contributed by atoms with Crippen molar-refractivity contribution in [3.8, 4) is 0 Å². The van der Waals surface area contributed by atoms with Crippen molar-refractivity contribution in [2.45, 2.75) is 96.8 Å². The maximum Gasteiger partial charge on any atom is 0.339 e. The monoisotopic (exact) mass is 448 g/mol. The van der Waals surface area contributed by atoms with Gasteiger partial charge in [0.1, 0.15) is 6.61 Å². The van der Waals surface area contributed by atoms with Gasteiger partial charge in [0.05, 0.1) is 24.3 Å². The van der Waals surface area contributed by atoms with E-state index >= 15 is 0 Å². The molecule has 0 aromatic heterocycles. The molecule has 0 saturated carbocycles. The van der Waals surface area contributed by atoms with Crippen LogP contribution in [0.4, 0.5) is 0 Å². The molecule has 182 valence electrons. The average Bonchev–Trinajstić information content (AvgIpc) is 2.81. The number of rotatable bonds is 20. The summed E-state index contributed by atoms with van der Waals surface area (Å²) >= 11 is 0. The standard InChI is InChI=1S/C27H44O5/c1-3-4-5-6-7-8-9-10-11-12-13-14-15-18-21-31-26(28)24-19-16-17-20-25(24)27(29)32-23-22-30-2/h16-17,19-20H,3-15,18,21-23H2,1-2H3. The van der Waals surface area contributed by atoms with Gasteiger partial charge in [-0.05, 0) is 18.6 Å².